The molecule has 2 aromatic carbocycles. The Labute approximate surface area is 220 Å². The van der Waals surface area contributed by atoms with Crippen LogP contribution >= 0.6 is 0 Å². The molecule has 0 saturated carbocycles. The van der Waals surface area contributed by atoms with Crippen LogP contribution in [0.2, 0.25) is 0 Å². The van der Waals surface area contributed by atoms with Gasteiger partial charge < -0.3 is 14.5 Å². The number of non-ortho nitro benzene ring substituents is 1. The molecule has 38 heavy (non-hydrogen) atoms. The lowest BCUT2D eigenvalue weighted by Gasteiger charge is -2.38. The van der Waals surface area contributed by atoms with E-state index in [2.05, 4.69) is 4.90 Å². The Bertz CT molecular complexity index is 1310. The smallest absolute Gasteiger partial charge is 0.269 e. The van der Waals surface area contributed by atoms with Crippen molar-refractivity contribution in [2.75, 3.05) is 62.8 Å². The van der Waals surface area contributed by atoms with Gasteiger partial charge in [0, 0.05) is 62.3 Å². The first-order valence-electron chi connectivity index (χ1n) is 12.5. The zero-order valence-corrected chi connectivity index (χ0v) is 21.0. The molecular formula is C27H28N6O5. The first-order valence-corrected chi connectivity index (χ1v) is 12.5. The largest absolute Gasteiger partial charge is 0.379 e. The number of hydrogen-bond donors (Lipinski definition) is 0. The number of nitriles is 1. The Morgan fingerprint density at radius 2 is 1.89 bits per heavy atom. The molecule has 0 spiro atoms. The van der Waals surface area contributed by atoms with E-state index in [0.29, 0.717) is 25.4 Å². The molecule has 3 aliphatic heterocycles. The highest BCUT2D eigenvalue weighted by Gasteiger charge is 2.47. The third-order valence-electron chi connectivity index (χ3n) is 7.36. The van der Waals surface area contributed by atoms with Crippen LogP contribution in [0, 0.1) is 21.4 Å². The zero-order chi connectivity index (χ0) is 26.8. The number of amides is 2. The maximum Gasteiger partial charge on any atom is 0.269 e. The number of morpholine rings is 1. The summed E-state index contributed by atoms with van der Waals surface area (Å²) in [5, 5.41) is 20.9. The molecule has 2 unspecified atom stereocenters. The van der Waals surface area contributed by atoms with Gasteiger partial charge in [0.1, 0.15) is 11.6 Å². The SMILES string of the molecule is CN(CCN1CCOCC1)C(=O)CN1c2ccccc2C2C1C=C(C#N)C(=O)N2c1ccc([N+](=O)[O-])cc1. The molecule has 2 amide bonds. The van der Waals surface area contributed by atoms with Gasteiger partial charge in [-0.15, -0.1) is 0 Å². The number of benzene rings is 2. The van der Waals surface area contributed by atoms with Gasteiger partial charge in [-0.05, 0) is 24.3 Å². The lowest BCUT2D eigenvalue weighted by atomic mass is 9.93. The van der Waals surface area contributed by atoms with Gasteiger partial charge in [-0.25, -0.2) is 0 Å². The van der Waals surface area contributed by atoms with Gasteiger partial charge in [-0.1, -0.05) is 18.2 Å². The van der Waals surface area contributed by atoms with Crippen LogP contribution in [0.25, 0.3) is 0 Å². The summed E-state index contributed by atoms with van der Waals surface area (Å²) in [5.41, 5.74) is 1.98. The Morgan fingerprint density at radius 1 is 1.18 bits per heavy atom. The maximum atomic E-state index is 13.4. The Balaban J connectivity index is 1.43. The van der Waals surface area contributed by atoms with Crippen molar-refractivity contribution in [3.8, 4) is 6.07 Å². The number of rotatable bonds is 7. The summed E-state index contributed by atoms with van der Waals surface area (Å²) in [6, 6.07) is 14.3. The van der Waals surface area contributed by atoms with Crippen LogP contribution < -0.4 is 9.80 Å². The lowest BCUT2D eigenvalue weighted by molar-refractivity contribution is -0.384. The van der Waals surface area contributed by atoms with Crippen molar-refractivity contribution in [3.63, 3.8) is 0 Å². The summed E-state index contributed by atoms with van der Waals surface area (Å²) < 4.78 is 5.39. The number of hydrogen-bond acceptors (Lipinski definition) is 8. The number of carbonyl (C=O) groups is 2. The number of nitro groups is 1. The van der Waals surface area contributed by atoms with Crippen LogP contribution in [0.3, 0.4) is 0 Å². The number of carbonyl (C=O) groups excluding carboxylic acids is 2. The second-order valence-electron chi connectivity index (χ2n) is 9.53. The second-order valence-corrected chi connectivity index (χ2v) is 9.53. The molecule has 0 aromatic heterocycles. The molecule has 11 nitrogen and oxygen atoms in total. The van der Waals surface area contributed by atoms with Crippen molar-refractivity contribution in [1.82, 2.24) is 9.80 Å². The van der Waals surface area contributed by atoms with Gasteiger partial charge in [0.05, 0.1) is 36.8 Å². The van der Waals surface area contributed by atoms with Crippen molar-refractivity contribution in [2.24, 2.45) is 0 Å². The molecule has 3 aliphatic rings. The summed E-state index contributed by atoms with van der Waals surface area (Å²) in [7, 11) is 1.78. The number of anilines is 2. The fourth-order valence-electron chi connectivity index (χ4n) is 5.28. The van der Waals surface area contributed by atoms with Gasteiger partial charge in [-0.3, -0.25) is 29.5 Å². The highest BCUT2D eigenvalue weighted by atomic mass is 16.6. The summed E-state index contributed by atoms with van der Waals surface area (Å²) in [6.07, 6.45) is 1.63. The summed E-state index contributed by atoms with van der Waals surface area (Å²) in [6.45, 7) is 4.50. The molecule has 3 heterocycles. The van der Waals surface area contributed by atoms with E-state index in [-0.39, 0.29) is 23.7 Å². The lowest BCUT2D eigenvalue weighted by Crippen LogP contribution is -2.50. The van der Waals surface area contributed by atoms with Crippen LogP contribution in [0.1, 0.15) is 11.6 Å². The van der Waals surface area contributed by atoms with Gasteiger partial charge >= 0.3 is 0 Å². The second kappa shape index (κ2) is 10.6. The van der Waals surface area contributed by atoms with Crippen molar-refractivity contribution < 1.29 is 19.2 Å². The van der Waals surface area contributed by atoms with Crippen LogP contribution in [0.15, 0.2) is 60.2 Å². The molecule has 2 aromatic rings. The van der Waals surface area contributed by atoms with Crippen molar-refractivity contribution in [2.45, 2.75) is 12.1 Å². The number of fused-ring (bicyclic) bond motifs is 3. The van der Waals surface area contributed by atoms with Gasteiger partial charge in [0.2, 0.25) is 5.91 Å². The number of ether oxygens (including phenoxy) is 1. The van der Waals surface area contributed by atoms with Crippen LogP contribution in [0.5, 0.6) is 0 Å². The molecule has 0 aliphatic carbocycles. The van der Waals surface area contributed by atoms with Gasteiger partial charge in [-0.2, -0.15) is 5.26 Å². The monoisotopic (exact) mass is 516 g/mol. The van der Waals surface area contributed by atoms with E-state index in [4.69, 9.17) is 4.74 Å². The number of para-hydroxylation sites is 1. The summed E-state index contributed by atoms with van der Waals surface area (Å²) in [5.74, 6) is -0.549. The highest BCUT2D eigenvalue weighted by molar-refractivity contribution is 6.11. The third kappa shape index (κ3) is 4.71. The minimum absolute atomic E-state index is 0.0319. The third-order valence-corrected chi connectivity index (χ3v) is 7.36. The molecular weight excluding hydrogens is 488 g/mol. The Hall–Kier alpha value is -4.27. The topological polar surface area (TPSA) is 123 Å². The molecule has 0 radical (unpaired) electrons. The van der Waals surface area contributed by atoms with Gasteiger partial charge in [0.15, 0.2) is 0 Å². The molecule has 196 valence electrons. The molecule has 1 fully saturated rings. The van der Waals surface area contributed by atoms with Crippen LogP contribution in [0.4, 0.5) is 17.1 Å². The van der Waals surface area contributed by atoms with Gasteiger partial charge in [0.25, 0.3) is 11.6 Å². The van der Waals surface area contributed by atoms with E-state index in [0.717, 1.165) is 30.9 Å². The van der Waals surface area contributed by atoms with E-state index in [9.17, 15) is 25.0 Å². The quantitative estimate of drug-likeness (QED) is 0.405. The summed E-state index contributed by atoms with van der Waals surface area (Å²) >= 11 is 0. The zero-order valence-electron chi connectivity index (χ0n) is 21.0. The van der Waals surface area contributed by atoms with Crippen molar-refractivity contribution >= 4 is 28.9 Å². The molecule has 0 N–H and O–H groups in total. The first-order chi connectivity index (χ1) is 18.4. The number of likely N-dealkylation sites (N-methyl/N-ethyl adjacent to an activating group) is 1. The molecule has 1 saturated heterocycles. The average Bonchev–Trinajstić information content (AvgIpc) is 3.24. The number of nitrogens with zero attached hydrogens (tertiary/aromatic N) is 6. The minimum Gasteiger partial charge on any atom is -0.379 e. The van der Waals surface area contributed by atoms with E-state index in [1.807, 2.05) is 35.2 Å². The maximum absolute atomic E-state index is 13.4. The Kier molecular flexibility index (Phi) is 7.09. The molecule has 0 bridgehead atoms. The van der Waals surface area contributed by atoms with Crippen LogP contribution in [-0.2, 0) is 14.3 Å². The van der Waals surface area contributed by atoms with Crippen LogP contribution in [-0.4, -0.2) is 85.6 Å². The average molecular weight is 517 g/mol. The van der Waals surface area contributed by atoms with E-state index < -0.39 is 22.9 Å². The Morgan fingerprint density at radius 3 is 2.58 bits per heavy atom. The fraction of sp³-hybridized carbons (Fsp3) is 0.370. The molecule has 11 heteroatoms. The van der Waals surface area contributed by atoms with Crippen molar-refractivity contribution in [3.05, 3.63) is 75.9 Å². The number of nitro benzene ring substituents is 1. The van der Waals surface area contributed by atoms with E-state index >= 15 is 0 Å². The predicted molar refractivity (Wildman–Crippen MR) is 139 cm³/mol. The highest BCUT2D eigenvalue weighted by Crippen LogP contribution is 2.47. The molecule has 5 rings (SSSR count). The predicted octanol–water partition coefficient (Wildman–Crippen LogP) is 2.11. The summed E-state index contributed by atoms with van der Waals surface area (Å²) in [4.78, 5) is 44.8. The standard InChI is InChI=1S/C27H28N6O5/c1-29(10-11-30-12-14-38-15-13-30)25(34)18-31-23-5-3-2-4-22(23)26-24(31)16-19(17-28)27(35)32(26)20-6-8-21(9-7-20)33(36)37/h2-9,16,24,26H,10-15,18H2,1H3. The fourth-order valence-corrected chi connectivity index (χ4v) is 5.28. The van der Waals surface area contributed by atoms with E-state index in [1.165, 1.54) is 29.2 Å². The molecule has 2 atom stereocenters. The van der Waals surface area contributed by atoms with E-state index in [1.54, 1.807) is 18.0 Å². The van der Waals surface area contributed by atoms with Crippen molar-refractivity contribution in [1.29, 1.82) is 5.26 Å². The first kappa shape index (κ1) is 25.4. The normalized spacial score (nSPS) is 20.8. The minimum atomic E-state index is -0.501.